The first-order chi connectivity index (χ1) is 9.17. The SMILES string of the molecule is ClCc1nc2cc(Cl)cnc2n1Cc1ccc(Cl)s1. The number of halogens is 3. The molecule has 0 N–H and O–H groups in total. The standard InChI is InChI=1S/C12H8Cl3N3S/c13-4-11-17-9-3-7(14)5-16-12(9)18(11)6-8-1-2-10(15)19-8/h1-3,5H,4,6H2. The molecule has 0 aromatic carbocycles. The van der Waals surface area contributed by atoms with E-state index >= 15 is 0 Å². The third-order valence-electron chi connectivity index (χ3n) is 2.69. The van der Waals surface area contributed by atoms with Gasteiger partial charge in [0, 0.05) is 11.1 Å². The Labute approximate surface area is 128 Å². The van der Waals surface area contributed by atoms with E-state index in [4.69, 9.17) is 34.8 Å². The van der Waals surface area contributed by atoms with E-state index in [2.05, 4.69) is 9.97 Å². The van der Waals surface area contributed by atoms with Crippen LogP contribution in [0.5, 0.6) is 0 Å². The first kappa shape index (κ1) is 13.2. The smallest absolute Gasteiger partial charge is 0.160 e. The number of hydrogen-bond acceptors (Lipinski definition) is 3. The van der Waals surface area contributed by atoms with Crippen LogP contribution in [-0.2, 0) is 12.4 Å². The van der Waals surface area contributed by atoms with E-state index in [1.165, 1.54) is 11.3 Å². The Morgan fingerprint density at radius 3 is 2.79 bits per heavy atom. The molecule has 7 heteroatoms. The Balaban J connectivity index is 2.10. The number of pyridine rings is 1. The van der Waals surface area contributed by atoms with Crippen LogP contribution in [0.25, 0.3) is 11.2 Å². The minimum atomic E-state index is 0.326. The molecule has 0 aliphatic rings. The highest BCUT2D eigenvalue weighted by molar-refractivity contribution is 7.16. The van der Waals surface area contributed by atoms with E-state index in [9.17, 15) is 0 Å². The topological polar surface area (TPSA) is 30.7 Å². The molecule has 98 valence electrons. The lowest BCUT2D eigenvalue weighted by atomic mass is 10.4. The first-order valence-corrected chi connectivity index (χ1v) is 7.59. The molecular weight excluding hydrogens is 325 g/mol. The maximum absolute atomic E-state index is 5.95. The van der Waals surface area contributed by atoms with Gasteiger partial charge in [-0.2, -0.15) is 0 Å². The molecule has 3 aromatic rings. The number of rotatable bonds is 3. The molecule has 3 nitrogen and oxygen atoms in total. The maximum Gasteiger partial charge on any atom is 0.160 e. The molecular formula is C12H8Cl3N3S. The molecule has 0 bridgehead atoms. The third-order valence-corrected chi connectivity index (χ3v) is 4.35. The highest BCUT2D eigenvalue weighted by Crippen LogP contribution is 2.25. The lowest BCUT2D eigenvalue weighted by Crippen LogP contribution is -2.03. The normalized spacial score (nSPS) is 11.3. The lowest BCUT2D eigenvalue weighted by molar-refractivity contribution is 0.780. The van der Waals surface area contributed by atoms with Crippen LogP contribution in [0, 0.1) is 0 Å². The fourth-order valence-electron chi connectivity index (χ4n) is 1.89. The largest absolute Gasteiger partial charge is 0.306 e. The summed E-state index contributed by atoms with van der Waals surface area (Å²) < 4.78 is 2.75. The summed E-state index contributed by atoms with van der Waals surface area (Å²) in [4.78, 5) is 9.92. The van der Waals surface area contributed by atoms with Crippen molar-refractivity contribution >= 4 is 57.3 Å². The van der Waals surface area contributed by atoms with Gasteiger partial charge in [-0.15, -0.1) is 22.9 Å². The molecule has 0 fully saturated rings. The van der Waals surface area contributed by atoms with Crippen molar-refractivity contribution in [3.05, 3.63) is 44.5 Å². The molecule has 0 radical (unpaired) electrons. The van der Waals surface area contributed by atoms with Crippen LogP contribution in [0.2, 0.25) is 9.36 Å². The Kier molecular flexibility index (Phi) is 3.67. The molecule has 0 atom stereocenters. The number of aromatic nitrogens is 3. The van der Waals surface area contributed by atoms with Gasteiger partial charge in [0.2, 0.25) is 0 Å². The van der Waals surface area contributed by atoms with Gasteiger partial charge >= 0.3 is 0 Å². The van der Waals surface area contributed by atoms with Crippen LogP contribution in [0.1, 0.15) is 10.7 Å². The Morgan fingerprint density at radius 2 is 2.11 bits per heavy atom. The number of hydrogen-bond donors (Lipinski definition) is 0. The summed E-state index contributed by atoms with van der Waals surface area (Å²) in [5.41, 5.74) is 1.54. The van der Waals surface area contributed by atoms with Crippen molar-refractivity contribution in [3.63, 3.8) is 0 Å². The lowest BCUT2D eigenvalue weighted by Gasteiger charge is -2.04. The average Bonchev–Trinajstić information content (AvgIpc) is 2.94. The van der Waals surface area contributed by atoms with E-state index in [0.29, 0.717) is 17.4 Å². The van der Waals surface area contributed by atoms with Gasteiger partial charge < -0.3 is 4.57 Å². The molecule has 0 saturated carbocycles. The van der Waals surface area contributed by atoms with Crippen LogP contribution in [0.4, 0.5) is 0 Å². The highest BCUT2D eigenvalue weighted by Gasteiger charge is 2.12. The molecule has 0 aliphatic carbocycles. The molecule has 0 spiro atoms. The summed E-state index contributed by atoms with van der Waals surface area (Å²) in [5, 5.41) is 0.567. The van der Waals surface area contributed by atoms with Gasteiger partial charge in [-0.3, -0.25) is 0 Å². The van der Waals surface area contributed by atoms with Crippen molar-refractivity contribution < 1.29 is 0 Å². The van der Waals surface area contributed by atoms with Gasteiger partial charge in [0.25, 0.3) is 0 Å². The molecule has 3 heterocycles. The monoisotopic (exact) mass is 331 g/mol. The van der Waals surface area contributed by atoms with Crippen LogP contribution >= 0.6 is 46.1 Å². The number of alkyl halides is 1. The summed E-state index contributed by atoms with van der Waals surface area (Å²) in [7, 11) is 0. The zero-order valence-corrected chi connectivity index (χ0v) is 12.7. The van der Waals surface area contributed by atoms with Gasteiger partial charge in [-0.1, -0.05) is 23.2 Å². The summed E-state index contributed by atoms with van der Waals surface area (Å²) in [6.45, 7) is 0.657. The van der Waals surface area contributed by atoms with Crippen LogP contribution in [-0.4, -0.2) is 14.5 Å². The average molecular weight is 333 g/mol. The summed E-state index contributed by atoms with van der Waals surface area (Å²) in [6, 6.07) is 5.66. The Hall–Kier alpha value is -0.810. The minimum absolute atomic E-state index is 0.326. The van der Waals surface area contributed by atoms with Crippen molar-refractivity contribution in [3.8, 4) is 0 Å². The highest BCUT2D eigenvalue weighted by atomic mass is 35.5. The summed E-state index contributed by atoms with van der Waals surface area (Å²) in [5.74, 6) is 1.10. The van der Waals surface area contributed by atoms with Crippen molar-refractivity contribution in [1.82, 2.24) is 14.5 Å². The maximum atomic E-state index is 5.95. The zero-order chi connectivity index (χ0) is 13.4. The van der Waals surface area contributed by atoms with Crippen LogP contribution in [0.15, 0.2) is 24.4 Å². The fourth-order valence-corrected chi connectivity index (χ4v) is 3.33. The second-order valence-corrected chi connectivity index (χ2v) is 6.45. The number of imidazole rings is 1. The van der Waals surface area contributed by atoms with Gasteiger partial charge in [0.15, 0.2) is 5.65 Å². The van der Waals surface area contributed by atoms with Crippen LogP contribution < -0.4 is 0 Å². The van der Waals surface area contributed by atoms with Gasteiger partial charge in [0.05, 0.1) is 21.8 Å². The second-order valence-electron chi connectivity index (χ2n) is 3.95. The zero-order valence-electron chi connectivity index (χ0n) is 9.61. The molecule has 0 amide bonds. The fraction of sp³-hybridized carbons (Fsp3) is 0.167. The number of fused-ring (bicyclic) bond motifs is 1. The molecule has 3 aromatic heterocycles. The Morgan fingerprint density at radius 1 is 1.26 bits per heavy atom. The van der Waals surface area contributed by atoms with Crippen molar-refractivity contribution in [2.75, 3.05) is 0 Å². The number of nitrogens with zero attached hydrogens (tertiary/aromatic N) is 3. The van der Waals surface area contributed by atoms with E-state index in [1.807, 2.05) is 16.7 Å². The van der Waals surface area contributed by atoms with E-state index in [0.717, 1.165) is 26.2 Å². The summed E-state index contributed by atoms with van der Waals surface area (Å²) in [6.07, 6.45) is 1.61. The quantitative estimate of drug-likeness (QED) is 0.657. The van der Waals surface area contributed by atoms with Crippen molar-refractivity contribution in [2.24, 2.45) is 0 Å². The van der Waals surface area contributed by atoms with Crippen molar-refractivity contribution in [2.45, 2.75) is 12.4 Å². The number of thiophene rings is 1. The van der Waals surface area contributed by atoms with Gasteiger partial charge in [-0.05, 0) is 18.2 Å². The first-order valence-electron chi connectivity index (χ1n) is 5.48. The summed E-state index contributed by atoms with van der Waals surface area (Å²) >= 11 is 19.4. The second kappa shape index (κ2) is 5.29. The van der Waals surface area contributed by atoms with Gasteiger partial charge in [0.1, 0.15) is 11.3 Å². The van der Waals surface area contributed by atoms with E-state index < -0.39 is 0 Å². The van der Waals surface area contributed by atoms with E-state index in [1.54, 1.807) is 12.3 Å². The molecule has 0 aliphatic heterocycles. The van der Waals surface area contributed by atoms with Gasteiger partial charge in [-0.25, -0.2) is 9.97 Å². The predicted octanol–water partition coefficient (Wildman–Crippen LogP) is 4.59. The molecule has 0 saturated heterocycles. The van der Waals surface area contributed by atoms with Crippen molar-refractivity contribution in [1.29, 1.82) is 0 Å². The van der Waals surface area contributed by atoms with E-state index in [-0.39, 0.29) is 0 Å². The third kappa shape index (κ3) is 2.58. The predicted molar refractivity (Wildman–Crippen MR) is 80.5 cm³/mol. The Bertz CT molecular complexity index is 735. The molecule has 19 heavy (non-hydrogen) atoms. The van der Waals surface area contributed by atoms with Crippen LogP contribution in [0.3, 0.4) is 0 Å². The molecule has 0 unspecified atom stereocenters. The minimum Gasteiger partial charge on any atom is -0.306 e. The molecule has 3 rings (SSSR count).